The monoisotopic (exact) mass is 387 g/mol. The third kappa shape index (κ3) is 3.73. The molecule has 0 saturated heterocycles. The van der Waals surface area contributed by atoms with E-state index in [1.54, 1.807) is 38.1 Å². The molecule has 7 nitrogen and oxygen atoms in total. The van der Waals surface area contributed by atoms with Crippen LogP contribution in [0.4, 0.5) is 10.2 Å². The van der Waals surface area contributed by atoms with Gasteiger partial charge in [-0.25, -0.2) is 4.39 Å². The second-order valence-electron chi connectivity index (χ2n) is 6.46. The molecule has 0 aliphatic heterocycles. The molecular weight excluding hydrogens is 369 g/mol. The molecule has 1 aliphatic rings. The average Bonchev–Trinajstić information content (AvgIpc) is 3.28. The largest absolute Gasteiger partial charge is 0.360 e. The number of rotatable bonds is 6. The number of nitrogens with zero attached hydrogens (tertiary/aromatic N) is 4. The van der Waals surface area contributed by atoms with E-state index < -0.39 is 5.25 Å². The minimum absolute atomic E-state index is 0.217. The average molecular weight is 387 g/mol. The first-order chi connectivity index (χ1) is 13.0. The molecule has 1 atom stereocenters. The summed E-state index contributed by atoms with van der Waals surface area (Å²) in [4.78, 5) is 12.4. The number of anilines is 1. The van der Waals surface area contributed by atoms with E-state index in [9.17, 15) is 9.18 Å². The second-order valence-corrected chi connectivity index (χ2v) is 7.77. The molecule has 1 amide bonds. The Balaban J connectivity index is 1.55. The topological polar surface area (TPSA) is 85.8 Å². The number of aryl methyl sites for hydroxylation is 1. The van der Waals surface area contributed by atoms with E-state index in [4.69, 9.17) is 4.52 Å². The van der Waals surface area contributed by atoms with E-state index in [2.05, 4.69) is 20.7 Å². The van der Waals surface area contributed by atoms with Crippen molar-refractivity contribution in [2.45, 2.75) is 43.1 Å². The van der Waals surface area contributed by atoms with Crippen molar-refractivity contribution in [3.05, 3.63) is 41.9 Å². The fraction of sp³-hybridized carbons (Fsp3) is 0.333. The van der Waals surface area contributed by atoms with E-state index in [0.29, 0.717) is 28.1 Å². The fourth-order valence-corrected chi connectivity index (χ4v) is 3.63. The SMILES string of the molecule is Cc1cc(NC(=O)[C@H](C)Sc2nnc(-c3ccccc3F)n2C2CC2)no1. The molecule has 0 spiro atoms. The van der Waals surface area contributed by atoms with Gasteiger partial charge in [0.1, 0.15) is 11.6 Å². The van der Waals surface area contributed by atoms with Crippen molar-refractivity contribution in [2.24, 2.45) is 0 Å². The van der Waals surface area contributed by atoms with Crippen molar-refractivity contribution in [3.8, 4) is 11.4 Å². The second kappa shape index (κ2) is 7.15. The minimum Gasteiger partial charge on any atom is -0.360 e. The Morgan fingerprint density at radius 3 is 2.81 bits per heavy atom. The molecule has 2 aromatic heterocycles. The quantitative estimate of drug-likeness (QED) is 0.647. The van der Waals surface area contributed by atoms with Crippen molar-refractivity contribution in [2.75, 3.05) is 5.32 Å². The van der Waals surface area contributed by atoms with Crippen LogP contribution >= 0.6 is 11.8 Å². The molecule has 0 radical (unpaired) electrons. The maximum atomic E-state index is 14.2. The van der Waals surface area contributed by atoms with Crippen LogP contribution < -0.4 is 5.32 Å². The summed E-state index contributed by atoms with van der Waals surface area (Å²) in [5, 5.41) is 15.1. The van der Waals surface area contributed by atoms with Crippen LogP contribution in [0.1, 0.15) is 31.6 Å². The first-order valence-corrected chi connectivity index (χ1v) is 9.51. The molecule has 1 aromatic carbocycles. The molecule has 1 N–H and O–H groups in total. The summed E-state index contributed by atoms with van der Waals surface area (Å²) in [7, 11) is 0. The van der Waals surface area contributed by atoms with Gasteiger partial charge in [-0.3, -0.25) is 9.36 Å². The highest BCUT2D eigenvalue weighted by molar-refractivity contribution is 8.00. The normalized spacial score (nSPS) is 14.9. The molecule has 1 saturated carbocycles. The van der Waals surface area contributed by atoms with Crippen LogP contribution in [0.3, 0.4) is 0 Å². The first kappa shape index (κ1) is 17.7. The number of nitrogens with one attached hydrogen (secondary N) is 1. The molecule has 2 heterocycles. The Morgan fingerprint density at radius 2 is 2.15 bits per heavy atom. The Hall–Kier alpha value is -2.68. The Labute approximate surface area is 159 Å². The molecule has 27 heavy (non-hydrogen) atoms. The number of benzene rings is 1. The summed E-state index contributed by atoms with van der Waals surface area (Å²) in [5.74, 6) is 0.939. The summed E-state index contributed by atoms with van der Waals surface area (Å²) >= 11 is 1.29. The Bertz CT molecular complexity index is 982. The van der Waals surface area contributed by atoms with Crippen molar-refractivity contribution < 1.29 is 13.7 Å². The van der Waals surface area contributed by atoms with Gasteiger partial charge in [0.2, 0.25) is 5.91 Å². The van der Waals surface area contributed by atoms with Gasteiger partial charge in [-0.2, -0.15) is 0 Å². The van der Waals surface area contributed by atoms with Gasteiger partial charge in [-0.05, 0) is 38.8 Å². The number of hydrogen-bond acceptors (Lipinski definition) is 6. The maximum absolute atomic E-state index is 14.2. The number of amides is 1. The molecule has 4 rings (SSSR count). The van der Waals surface area contributed by atoms with Crippen LogP contribution in [0.25, 0.3) is 11.4 Å². The zero-order valence-corrected chi connectivity index (χ0v) is 15.7. The number of carbonyl (C=O) groups excluding carboxylic acids is 1. The smallest absolute Gasteiger partial charge is 0.238 e. The first-order valence-electron chi connectivity index (χ1n) is 8.63. The van der Waals surface area contributed by atoms with Crippen LogP contribution in [0, 0.1) is 12.7 Å². The summed E-state index contributed by atoms with van der Waals surface area (Å²) in [6.45, 7) is 3.53. The van der Waals surface area contributed by atoms with E-state index in [1.807, 2.05) is 4.57 Å². The third-order valence-corrected chi connectivity index (χ3v) is 5.28. The van der Waals surface area contributed by atoms with Gasteiger partial charge >= 0.3 is 0 Å². The number of aromatic nitrogens is 4. The molecule has 3 aromatic rings. The van der Waals surface area contributed by atoms with E-state index >= 15 is 0 Å². The van der Waals surface area contributed by atoms with Crippen LogP contribution in [-0.4, -0.2) is 31.1 Å². The van der Waals surface area contributed by atoms with Crippen LogP contribution in [0.2, 0.25) is 0 Å². The predicted molar refractivity (Wildman–Crippen MR) is 98.9 cm³/mol. The molecule has 9 heteroatoms. The standard InChI is InChI=1S/C18H18FN5O2S/c1-10-9-15(23-26-10)20-17(25)11(2)27-18-22-21-16(24(18)12-7-8-12)13-5-3-4-6-14(13)19/h3-6,9,11-12H,7-8H2,1-2H3,(H,20,23,25)/t11-/m0/s1. The number of halogens is 1. The molecule has 1 fully saturated rings. The van der Waals surface area contributed by atoms with Crippen LogP contribution in [0.15, 0.2) is 40.0 Å². The van der Waals surface area contributed by atoms with Gasteiger partial charge in [-0.15, -0.1) is 10.2 Å². The molecule has 0 unspecified atom stereocenters. The van der Waals surface area contributed by atoms with Gasteiger partial charge in [0, 0.05) is 12.1 Å². The van der Waals surface area contributed by atoms with E-state index in [0.717, 1.165) is 12.8 Å². The van der Waals surface area contributed by atoms with Gasteiger partial charge in [0.25, 0.3) is 0 Å². The van der Waals surface area contributed by atoms with Gasteiger partial charge < -0.3 is 9.84 Å². The van der Waals surface area contributed by atoms with Crippen molar-refractivity contribution in [1.29, 1.82) is 0 Å². The number of carbonyl (C=O) groups is 1. The lowest BCUT2D eigenvalue weighted by Crippen LogP contribution is -2.23. The highest BCUT2D eigenvalue weighted by Crippen LogP contribution is 2.42. The Morgan fingerprint density at radius 1 is 1.37 bits per heavy atom. The van der Waals surface area contributed by atoms with Crippen LogP contribution in [-0.2, 0) is 4.79 Å². The highest BCUT2D eigenvalue weighted by Gasteiger charge is 2.32. The minimum atomic E-state index is -0.433. The lowest BCUT2D eigenvalue weighted by molar-refractivity contribution is -0.115. The van der Waals surface area contributed by atoms with Crippen molar-refractivity contribution in [3.63, 3.8) is 0 Å². The number of thioether (sulfide) groups is 1. The van der Waals surface area contributed by atoms with Gasteiger partial charge in [-0.1, -0.05) is 29.1 Å². The van der Waals surface area contributed by atoms with Crippen molar-refractivity contribution in [1.82, 2.24) is 19.9 Å². The molecular formula is C18H18FN5O2S. The zero-order valence-electron chi connectivity index (χ0n) is 14.8. The van der Waals surface area contributed by atoms with E-state index in [-0.39, 0.29) is 17.8 Å². The summed E-state index contributed by atoms with van der Waals surface area (Å²) in [5.41, 5.74) is 0.416. The predicted octanol–water partition coefficient (Wildman–Crippen LogP) is 3.83. The molecule has 140 valence electrons. The van der Waals surface area contributed by atoms with Gasteiger partial charge in [0.15, 0.2) is 16.8 Å². The van der Waals surface area contributed by atoms with Crippen molar-refractivity contribution >= 4 is 23.5 Å². The maximum Gasteiger partial charge on any atom is 0.238 e. The van der Waals surface area contributed by atoms with E-state index in [1.165, 1.54) is 17.8 Å². The summed E-state index contributed by atoms with van der Waals surface area (Å²) < 4.78 is 21.1. The van der Waals surface area contributed by atoms with Gasteiger partial charge in [0.05, 0.1) is 10.8 Å². The Kier molecular flexibility index (Phi) is 4.69. The molecule has 0 bridgehead atoms. The number of hydrogen-bond donors (Lipinski definition) is 1. The zero-order chi connectivity index (χ0) is 19.0. The lowest BCUT2D eigenvalue weighted by Gasteiger charge is -2.12. The molecule has 1 aliphatic carbocycles. The highest BCUT2D eigenvalue weighted by atomic mass is 32.2. The third-order valence-electron chi connectivity index (χ3n) is 4.22. The summed E-state index contributed by atoms with van der Waals surface area (Å²) in [6.07, 6.45) is 1.98. The lowest BCUT2D eigenvalue weighted by atomic mass is 10.2. The fourth-order valence-electron chi connectivity index (χ4n) is 2.71. The summed E-state index contributed by atoms with van der Waals surface area (Å²) in [6, 6.07) is 8.40. The van der Waals surface area contributed by atoms with Crippen LogP contribution in [0.5, 0.6) is 0 Å².